The maximum Gasteiger partial charge on any atom is 0.227 e. The molecule has 0 radical (unpaired) electrons. The summed E-state index contributed by atoms with van der Waals surface area (Å²) in [5, 5.41) is 2.90. The predicted octanol–water partition coefficient (Wildman–Crippen LogP) is 4.20. The van der Waals surface area contributed by atoms with Gasteiger partial charge in [0.1, 0.15) is 5.82 Å². The number of halogens is 3. The Bertz CT molecular complexity index is 977. The van der Waals surface area contributed by atoms with E-state index < -0.39 is 11.6 Å². The first-order valence-electron chi connectivity index (χ1n) is 8.61. The fourth-order valence-electron chi connectivity index (χ4n) is 3.15. The zero-order valence-electron chi connectivity index (χ0n) is 14.4. The van der Waals surface area contributed by atoms with E-state index in [1.807, 2.05) is 0 Å². The van der Waals surface area contributed by atoms with Crippen LogP contribution in [0.4, 0.5) is 24.8 Å². The van der Waals surface area contributed by atoms with Gasteiger partial charge in [0.25, 0.3) is 0 Å². The molecule has 2 aromatic carbocycles. The second-order valence-electron chi connectivity index (χ2n) is 6.48. The molecule has 4 rings (SSSR count). The van der Waals surface area contributed by atoms with E-state index in [0.29, 0.717) is 31.1 Å². The van der Waals surface area contributed by atoms with E-state index in [4.69, 9.17) is 0 Å². The smallest absolute Gasteiger partial charge is 0.227 e. The van der Waals surface area contributed by atoms with Gasteiger partial charge in [-0.2, -0.15) is 0 Å². The fourth-order valence-corrected chi connectivity index (χ4v) is 3.15. The molecule has 1 aromatic heterocycles. The molecule has 0 atom stereocenters. The number of hydrogen-bond donors (Lipinski definition) is 1. The molecule has 4 nitrogen and oxygen atoms in total. The molecule has 0 saturated heterocycles. The van der Waals surface area contributed by atoms with Crippen molar-refractivity contribution in [2.24, 2.45) is 0 Å². The van der Waals surface area contributed by atoms with Crippen molar-refractivity contribution in [2.45, 2.75) is 19.5 Å². The lowest BCUT2D eigenvalue weighted by Gasteiger charge is -2.28. The van der Waals surface area contributed by atoms with Gasteiger partial charge >= 0.3 is 0 Å². The van der Waals surface area contributed by atoms with Gasteiger partial charge in [-0.3, -0.25) is 4.90 Å². The first-order valence-corrected chi connectivity index (χ1v) is 8.61. The third kappa shape index (κ3) is 3.93. The number of para-hydroxylation sites is 1. The van der Waals surface area contributed by atoms with Crippen LogP contribution < -0.4 is 5.32 Å². The van der Waals surface area contributed by atoms with Crippen LogP contribution in [0.1, 0.15) is 16.8 Å². The molecule has 0 spiro atoms. The Labute approximate surface area is 154 Å². The summed E-state index contributed by atoms with van der Waals surface area (Å²) in [5.74, 6) is -1.69. The number of rotatable bonds is 4. The van der Waals surface area contributed by atoms with Crippen molar-refractivity contribution in [2.75, 3.05) is 11.9 Å². The van der Waals surface area contributed by atoms with Gasteiger partial charge < -0.3 is 5.32 Å². The van der Waals surface area contributed by atoms with Crippen molar-refractivity contribution in [3.8, 4) is 0 Å². The molecule has 0 amide bonds. The van der Waals surface area contributed by atoms with Gasteiger partial charge in [-0.05, 0) is 29.8 Å². The first kappa shape index (κ1) is 17.5. The van der Waals surface area contributed by atoms with Crippen LogP contribution in [0.5, 0.6) is 0 Å². The number of hydrogen-bond acceptors (Lipinski definition) is 4. The van der Waals surface area contributed by atoms with E-state index in [1.165, 1.54) is 12.1 Å². The number of aromatic nitrogens is 2. The van der Waals surface area contributed by atoms with Gasteiger partial charge in [0.05, 0.1) is 11.4 Å². The van der Waals surface area contributed by atoms with Gasteiger partial charge in [-0.15, -0.1) is 0 Å². The van der Waals surface area contributed by atoms with E-state index in [0.717, 1.165) is 29.4 Å². The lowest BCUT2D eigenvalue weighted by Crippen LogP contribution is -2.31. The molecule has 0 unspecified atom stereocenters. The molecule has 1 aliphatic heterocycles. The maximum atomic E-state index is 13.8. The number of nitrogens with one attached hydrogen (secondary N) is 1. The minimum absolute atomic E-state index is 0.327. The second-order valence-corrected chi connectivity index (χ2v) is 6.48. The third-order valence-corrected chi connectivity index (χ3v) is 4.52. The lowest BCUT2D eigenvalue weighted by atomic mass is 10.1. The zero-order chi connectivity index (χ0) is 18.8. The van der Waals surface area contributed by atoms with Gasteiger partial charge in [-0.1, -0.05) is 18.2 Å². The van der Waals surface area contributed by atoms with Crippen LogP contribution in [0.15, 0.2) is 48.7 Å². The highest BCUT2D eigenvalue weighted by atomic mass is 19.2. The van der Waals surface area contributed by atoms with Crippen molar-refractivity contribution in [1.29, 1.82) is 0 Å². The molecule has 138 valence electrons. The topological polar surface area (TPSA) is 41.1 Å². The van der Waals surface area contributed by atoms with Crippen LogP contribution in [-0.2, 0) is 19.5 Å². The maximum absolute atomic E-state index is 13.8. The van der Waals surface area contributed by atoms with E-state index in [2.05, 4.69) is 20.2 Å². The van der Waals surface area contributed by atoms with Gasteiger partial charge in [0.2, 0.25) is 5.95 Å². The summed E-state index contributed by atoms with van der Waals surface area (Å²) < 4.78 is 40.2. The summed E-state index contributed by atoms with van der Waals surface area (Å²) in [6.07, 6.45) is 2.43. The Morgan fingerprint density at radius 2 is 1.85 bits per heavy atom. The molecule has 27 heavy (non-hydrogen) atoms. The first-order chi connectivity index (χ1) is 13.1. The van der Waals surface area contributed by atoms with E-state index >= 15 is 0 Å². The SMILES string of the molecule is Fc1ccc(CN2CCc3nc(Nc4ccccc4F)ncc3C2)cc1F. The van der Waals surface area contributed by atoms with Crippen LogP contribution in [0.2, 0.25) is 0 Å². The Kier molecular flexibility index (Phi) is 4.77. The van der Waals surface area contributed by atoms with Crippen molar-refractivity contribution in [1.82, 2.24) is 14.9 Å². The largest absolute Gasteiger partial charge is 0.322 e. The quantitative estimate of drug-likeness (QED) is 0.748. The summed E-state index contributed by atoms with van der Waals surface area (Å²) in [5.41, 5.74) is 2.93. The zero-order valence-corrected chi connectivity index (χ0v) is 14.4. The van der Waals surface area contributed by atoms with Crippen LogP contribution in [0.25, 0.3) is 0 Å². The second kappa shape index (κ2) is 7.36. The number of fused-ring (bicyclic) bond motifs is 1. The van der Waals surface area contributed by atoms with Crippen molar-refractivity contribution >= 4 is 11.6 Å². The average molecular weight is 370 g/mol. The summed E-state index contributed by atoms with van der Waals surface area (Å²) in [4.78, 5) is 10.9. The van der Waals surface area contributed by atoms with E-state index in [9.17, 15) is 13.2 Å². The van der Waals surface area contributed by atoms with Crippen LogP contribution in [-0.4, -0.2) is 21.4 Å². The standard InChI is InChI=1S/C20H17F3N4/c21-15-6-5-13(9-17(15)23)11-27-8-7-18-14(12-27)10-24-20(25-18)26-19-4-2-1-3-16(19)22/h1-6,9-10H,7-8,11-12H2,(H,24,25,26). The van der Waals surface area contributed by atoms with Gasteiger partial charge in [0.15, 0.2) is 11.6 Å². The lowest BCUT2D eigenvalue weighted by molar-refractivity contribution is 0.242. The molecule has 7 heteroatoms. The van der Waals surface area contributed by atoms with E-state index in [-0.39, 0.29) is 5.82 Å². The number of nitrogens with zero attached hydrogens (tertiary/aromatic N) is 3. The summed E-state index contributed by atoms with van der Waals surface area (Å²) >= 11 is 0. The Hall–Kier alpha value is -2.93. The van der Waals surface area contributed by atoms with Crippen molar-refractivity contribution < 1.29 is 13.2 Å². The Balaban J connectivity index is 1.46. The molecule has 3 aromatic rings. The molecule has 0 saturated carbocycles. The minimum atomic E-state index is -0.842. The van der Waals surface area contributed by atoms with Crippen molar-refractivity contribution in [3.63, 3.8) is 0 Å². The van der Waals surface area contributed by atoms with Crippen LogP contribution in [0.3, 0.4) is 0 Å². The van der Waals surface area contributed by atoms with Crippen LogP contribution >= 0.6 is 0 Å². The normalized spacial score (nSPS) is 14.0. The predicted molar refractivity (Wildman–Crippen MR) is 95.9 cm³/mol. The number of anilines is 2. The Morgan fingerprint density at radius 3 is 2.67 bits per heavy atom. The fraction of sp³-hybridized carbons (Fsp3) is 0.200. The highest BCUT2D eigenvalue weighted by molar-refractivity contribution is 5.54. The summed E-state index contributed by atoms with van der Waals surface area (Å²) in [7, 11) is 0. The molecule has 0 aliphatic carbocycles. The van der Waals surface area contributed by atoms with Crippen molar-refractivity contribution in [3.05, 3.63) is 82.9 Å². The Morgan fingerprint density at radius 1 is 1.00 bits per heavy atom. The molecule has 1 N–H and O–H groups in total. The highest BCUT2D eigenvalue weighted by Crippen LogP contribution is 2.22. The molecule has 0 bridgehead atoms. The monoisotopic (exact) mass is 370 g/mol. The van der Waals surface area contributed by atoms with Gasteiger partial charge in [0, 0.05) is 37.8 Å². The van der Waals surface area contributed by atoms with E-state index in [1.54, 1.807) is 30.5 Å². The minimum Gasteiger partial charge on any atom is -0.322 e. The number of benzene rings is 2. The third-order valence-electron chi connectivity index (χ3n) is 4.52. The molecular weight excluding hydrogens is 353 g/mol. The van der Waals surface area contributed by atoms with Crippen LogP contribution in [0, 0.1) is 17.5 Å². The molecule has 2 heterocycles. The van der Waals surface area contributed by atoms with Gasteiger partial charge in [-0.25, -0.2) is 23.1 Å². The summed E-state index contributed by atoms with van der Waals surface area (Å²) in [6, 6.07) is 10.3. The average Bonchev–Trinajstić information content (AvgIpc) is 2.67. The molecule has 1 aliphatic rings. The molecular formula is C20H17F3N4. The summed E-state index contributed by atoms with van der Waals surface area (Å²) in [6.45, 7) is 1.88. The highest BCUT2D eigenvalue weighted by Gasteiger charge is 2.19. The molecule has 0 fully saturated rings.